The van der Waals surface area contributed by atoms with Crippen LogP contribution in [0.4, 0.5) is 0 Å². The third-order valence-electron chi connectivity index (χ3n) is 4.42. The molecule has 1 atom stereocenters. The molecule has 0 fully saturated rings. The number of hydrogen-bond acceptors (Lipinski definition) is 7. The number of rotatable bonds is 7. The number of ether oxygens (including phenoxy) is 1. The number of nitrogens with zero attached hydrogens (tertiary/aromatic N) is 2. The summed E-state index contributed by atoms with van der Waals surface area (Å²) in [5.74, 6) is -0.600. The molecular weight excluding hydrogens is 396 g/mol. The fourth-order valence-electron chi connectivity index (χ4n) is 3.04. The summed E-state index contributed by atoms with van der Waals surface area (Å²) in [6.07, 6.45) is 0.904. The largest absolute Gasteiger partial charge is 0.496 e. The molecule has 1 aromatic heterocycles. The van der Waals surface area contributed by atoms with Crippen LogP contribution in [-0.4, -0.2) is 43.1 Å². The predicted octanol–water partition coefficient (Wildman–Crippen LogP) is 3.06. The Kier molecular flexibility index (Phi) is 5.69. The van der Waals surface area contributed by atoms with Gasteiger partial charge in [-0.05, 0) is 29.3 Å². The van der Waals surface area contributed by atoms with Crippen molar-refractivity contribution in [2.75, 3.05) is 13.4 Å². The van der Waals surface area contributed by atoms with Crippen molar-refractivity contribution in [2.45, 2.75) is 24.2 Å². The van der Waals surface area contributed by atoms with Gasteiger partial charge < -0.3 is 14.3 Å². The highest BCUT2D eigenvalue weighted by Crippen LogP contribution is 2.35. The molecule has 8 nitrogen and oxygen atoms in total. The number of carbonyl (C=O) groups is 1. The minimum absolute atomic E-state index is 0.160. The van der Waals surface area contributed by atoms with Gasteiger partial charge in [0.1, 0.15) is 5.75 Å². The highest BCUT2D eigenvalue weighted by molar-refractivity contribution is 7.90. The van der Waals surface area contributed by atoms with Gasteiger partial charge in [-0.3, -0.25) is 4.79 Å². The molecule has 9 heteroatoms. The van der Waals surface area contributed by atoms with Crippen molar-refractivity contribution in [3.8, 4) is 16.9 Å². The van der Waals surface area contributed by atoms with Crippen LogP contribution in [0.5, 0.6) is 5.75 Å². The lowest BCUT2D eigenvalue weighted by atomic mass is 9.92. The first-order valence-corrected chi connectivity index (χ1v) is 10.6. The molecule has 0 aliphatic heterocycles. The maximum absolute atomic E-state index is 12.0. The summed E-state index contributed by atoms with van der Waals surface area (Å²) in [6.45, 7) is 1.63. The van der Waals surface area contributed by atoms with Crippen LogP contribution in [0.1, 0.15) is 29.7 Å². The van der Waals surface area contributed by atoms with Crippen LogP contribution < -0.4 is 4.74 Å². The van der Waals surface area contributed by atoms with Crippen LogP contribution in [0.3, 0.4) is 0 Å². The Hall–Kier alpha value is -3.20. The summed E-state index contributed by atoms with van der Waals surface area (Å²) in [4.78, 5) is 11.6. The Balaban J connectivity index is 2.12. The van der Waals surface area contributed by atoms with Gasteiger partial charge >= 0.3 is 5.97 Å². The standard InChI is InChI=1S/C20H20N2O6S/c1-12-21-22-20(28-12)17(11-19(23)24)14-6-4-5-13(9-14)16-10-15(29(3,25)26)7-8-18(16)27-2/h4-10,17H,11H2,1-3H3,(H,23,24). The highest BCUT2D eigenvalue weighted by atomic mass is 32.2. The zero-order chi connectivity index (χ0) is 21.2. The smallest absolute Gasteiger partial charge is 0.304 e. The first-order valence-electron chi connectivity index (χ1n) is 8.69. The fraction of sp³-hybridized carbons (Fsp3) is 0.250. The molecule has 152 valence electrons. The van der Waals surface area contributed by atoms with E-state index in [-0.39, 0.29) is 17.2 Å². The van der Waals surface area contributed by atoms with Gasteiger partial charge in [0.15, 0.2) is 9.84 Å². The lowest BCUT2D eigenvalue weighted by Gasteiger charge is -2.15. The van der Waals surface area contributed by atoms with Crippen LogP contribution in [-0.2, 0) is 14.6 Å². The van der Waals surface area contributed by atoms with Crippen molar-refractivity contribution in [3.05, 3.63) is 59.8 Å². The van der Waals surface area contributed by atoms with Crippen LogP contribution in [0.15, 0.2) is 51.8 Å². The fourth-order valence-corrected chi connectivity index (χ4v) is 3.69. The predicted molar refractivity (Wildman–Crippen MR) is 105 cm³/mol. The first-order chi connectivity index (χ1) is 13.7. The molecule has 1 unspecified atom stereocenters. The average molecular weight is 416 g/mol. The topological polar surface area (TPSA) is 120 Å². The van der Waals surface area contributed by atoms with Crippen LogP contribution in [0.2, 0.25) is 0 Å². The quantitative estimate of drug-likeness (QED) is 0.624. The Morgan fingerprint density at radius 3 is 2.55 bits per heavy atom. The van der Waals surface area contributed by atoms with Gasteiger partial charge in [-0.25, -0.2) is 8.42 Å². The molecule has 0 radical (unpaired) electrons. The molecule has 2 aromatic carbocycles. The zero-order valence-corrected chi connectivity index (χ0v) is 16.9. The Labute approximate surface area is 168 Å². The van der Waals surface area contributed by atoms with Crippen molar-refractivity contribution in [3.63, 3.8) is 0 Å². The van der Waals surface area contributed by atoms with E-state index in [1.54, 1.807) is 37.3 Å². The van der Waals surface area contributed by atoms with Gasteiger partial charge in [0.05, 0.1) is 24.3 Å². The molecule has 0 aliphatic carbocycles. The van der Waals surface area contributed by atoms with Crippen LogP contribution in [0.25, 0.3) is 11.1 Å². The third kappa shape index (κ3) is 4.62. The number of benzene rings is 2. The minimum Gasteiger partial charge on any atom is -0.496 e. The number of carboxylic acids is 1. The minimum atomic E-state index is -3.41. The van der Waals surface area contributed by atoms with Gasteiger partial charge in [0.2, 0.25) is 11.8 Å². The SMILES string of the molecule is COc1ccc(S(C)(=O)=O)cc1-c1cccc(C(CC(=O)O)c2nnc(C)o2)c1. The molecule has 3 aromatic rings. The number of sulfone groups is 1. The molecule has 0 spiro atoms. The molecule has 0 saturated carbocycles. The summed E-state index contributed by atoms with van der Waals surface area (Å²) >= 11 is 0. The maximum Gasteiger partial charge on any atom is 0.304 e. The normalized spacial score (nSPS) is 12.5. The summed E-state index contributed by atoms with van der Waals surface area (Å²) in [5, 5.41) is 17.1. The van der Waals surface area contributed by atoms with E-state index in [0.717, 1.165) is 6.26 Å². The summed E-state index contributed by atoms with van der Waals surface area (Å²) in [6, 6.07) is 11.7. The van der Waals surface area contributed by atoms with Crippen molar-refractivity contribution in [1.29, 1.82) is 0 Å². The number of hydrogen-bond donors (Lipinski definition) is 1. The second kappa shape index (κ2) is 8.04. The van der Waals surface area contributed by atoms with Crippen LogP contribution in [0, 0.1) is 6.92 Å². The number of aromatic nitrogens is 2. The van der Waals surface area contributed by atoms with Gasteiger partial charge in [-0.15, -0.1) is 10.2 Å². The monoisotopic (exact) mass is 416 g/mol. The van der Waals surface area contributed by atoms with Gasteiger partial charge in [0.25, 0.3) is 0 Å². The zero-order valence-electron chi connectivity index (χ0n) is 16.1. The first kappa shape index (κ1) is 20.5. The van der Waals surface area contributed by atoms with E-state index in [1.807, 2.05) is 0 Å². The number of methoxy groups -OCH3 is 1. The Bertz CT molecular complexity index is 1150. The molecule has 3 rings (SSSR count). The highest BCUT2D eigenvalue weighted by Gasteiger charge is 2.24. The second-order valence-electron chi connectivity index (χ2n) is 6.57. The molecule has 0 bridgehead atoms. The summed E-state index contributed by atoms with van der Waals surface area (Å²) in [5.41, 5.74) is 1.91. The lowest BCUT2D eigenvalue weighted by molar-refractivity contribution is -0.137. The average Bonchev–Trinajstić information content (AvgIpc) is 3.11. The van der Waals surface area contributed by atoms with Gasteiger partial charge in [-0.2, -0.15) is 0 Å². The van der Waals surface area contributed by atoms with E-state index < -0.39 is 21.7 Å². The van der Waals surface area contributed by atoms with E-state index in [1.165, 1.54) is 19.2 Å². The van der Waals surface area contributed by atoms with Crippen LogP contribution >= 0.6 is 0 Å². The van der Waals surface area contributed by atoms with E-state index >= 15 is 0 Å². The summed E-state index contributed by atoms with van der Waals surface area (Å²) < 4.78 is 34.8. The van der Waals surface area contributed by atoms with Gasteiger partial charge in [-0.1, -0.05) is 24.3 Å². The second-order valence-corrected chi connectivity index (χ2v) is 8.59. The molecule has 0 amide bonds. The molecule has 0 aliphatic rings. The maximum atomic E-state index is 12.0. The number of aliphatic carboxylic acids is 1. The van der Waals surface area contributed by atoms with E-state index in [9.17, 15) is 18.3 Å². The lowest BCUT2D eigenvalue weighted by Crippen LogP contribution is -2.08. The molecule has 1 heterocycles. The molecule has 0 saturated heterocycles. The Morgan fingerprint density at radius 1 is 1.21 bits per heavy atom. The van der Waals surface area contributed by atoms with E-state index in [4.69, 9.17) is 9.15 Å². The third-order valence-corrected chi connectivity index (χ3v) is 5.53. The van der Waals surface area contributed by atoms with E-state index in [2.05, 4.69) is 10.2 Å². The van der Waals surface area contributed by atoms with Crippen molar-refractivity contribution in [2.24, 2.45) is 0 Å². The van der Waals surface area contributed by atoms with E-state index in [0.29, 0.717) is 28.3 Å². The number of aryl methyl sites for hydroxylation is 1. The van der Waals surface area contributed by atoms with Gasteiger partial charge in [0, 0.05) is 18.7 Å². The molecule has 29 heavy (non-hydrogen) atoms. The summed E-state index contributed by atoms with van der Waals surface area (Å²) in [7, 11) is -1.91. The van der Waals surface area contributed by atoms with Crippen molar-refractivity contribution in [1.82, 2.24) is 10.2 Å². The molecule has 1 N–H and O–H groups in total. The number of carboxylic acid groups (broad SMARTS) is 1. The van der Waals surface area contributed by atoms with Crippen molar-refractivity contribution >= 4 is 15.8 Å². The molecular formula is C20H20N2O6S. The van der Waals surface area contributed by atoms with Crippen molar-refractivity contribution < 1.29 is 27.5 Å². The Morgan fingerprint density at radius 2 is 1.97 bits per heavy atom.